The SMILES string of the molecule is CC/C=C\C/C=C\C/C=C\C/C=C\C/C=C\CCCCCCCCCCCCCCCCCC(=O)NC(COC1OC(CO)C(O)C(O)C1O)C(O)/C=C/CC/C=C/CCCCCCCCCC. The summed E-state index contributed by atoms with van der Waals surface area (Å²) in [7, 11) is 0. The first-order chi connectivity index (χ1) is 33.3. The van der Waals surface area contributed by atoms with Crippen LogP contribution in [0.2, 0.25) is 0 Å². The second-order valence-corrected chi connectivity index (χ2v) is 19.0. The normalized spacial score (nSPS) is 20.2. The van der Waals surface area contributed by atoms with E-state index in [0.717, 1.165) is 70.6 Å². The Labute approximate surface area is 416 Å². The quantitative estimate of drug-likeness (QED) is 0.0261. The molecule has 0 spiro atoms. The summed E-state index contributed by atoms with van der Waals surface area (Å²) < 4.78 is 11.2. The highest BCUT2D eigenvalue weighted by Gasteiger charge is 2.44. The highest BCUT2D eigenvalue weighted by atomic mass is 16.7. The Morgan fingerprint density at radius 1 is 0.515 bits per heavy atom. The molecule has 1 aliphatic rings. The first-order valence-electron chi connectivity index (χ1n) is 27.8. The lowest BCUT2D eigenvalue weighted by Gasteiger charge is -2.40. The molecule has 0 aliphatic carbocycles. The van der Waals surface area contributed by atoms with Crippen LogP contribution in [0.4, 0.5) is 0 Å². The third-order valence-electron chi connectivity index (χ3n) is 12.7. The van der Waals surface area contributed by atoms with Crippen LogP contribution in [0.1, 0.15) is 226 Å². The maximum absolute atomic E-state index is 13.0. The average Bonchev–Trinajstić information content (AvgIpc) is 3.34. The molecule has 0 aromatic carbocycles. The van der Waals surface area contributed by atoms with E-state index in [4.69, 9.17) is 9.47 Å². The molecule has 9 heteroatoms. The maximum atomic E-state index is 13.0. The summed E-state index contributed by atoms with van der Waals surface area (Å²) in [6.45, 7) is 3.64. The molecular weight excluding hydrogens is 851 g/mol. The monoisotopic (exact) mass is 954 g/mol. The highest BCUT2D eigenvalue weighted by Crippen LogP contribution is 2.23. The Hall–Kier alpha value is -2.63. The standard InChI is InChI=1S/C59H103NO8/c1-3-5-7-9-11-13-15-17-19-20-21-22-23-24-25-26-27-28-29-30-31-32-33-34-35-37-39-41-43-45-47-49-55(63)60-52(51-67-59-58(66)57(65)56(64)54(50-61)68-59)53(62)48-46-44-42-40-38-36-18-16-14-12-10-8-6-4-2/h5,7,11,13,17,19,21-22,24-25,38,40,46,48,52-54,56-59,61-62,64-66H,3-4,6,8-10,12,14-16,18,20,23,26-37,39,41-45,47,49-51H2,1-2H3,(H,60,63)/b7-5-,13-11-,19-17-,22-21-,25-24-,40-38+,48-46+. The van der Waals surface area contributed by atoms with E-state index >= 15 is 0 Å². The summed E-state index contributed by atoms with van der Waals surface area (Å²) in [5.41, 5.74) is 0. The molecule has 6 N–H and O–H groups in total. The van der Waals surface area contributed by atoms with Gasteiger partial charge in [0.1, 0.15) is 24.4 Å². The van der Waals surface area contributed by atoms with Crippen molar-refractivity contribution >= 4 is 5.91 Å². The van der Waals surface area contributed by atoms with Crippen LogP contribution >= 0.6 is 0 Å². The van der Waals surface area contributed by atoms with Gasteiger partial charge in [-0.05, 0) is 77.0 Å². The van der Waals surface area contributed by atoms with Crippen molar-refractivity contribution in [2.75, 3.05) is 13.2 Å². The smallest absolute Gasteiger partial charge is 0.220 e. The van der Waals surface area contributed by atoms with Crippen LogP contribution in [0.5, 0.6) is 0 Å². The van der Waals surface area contributed by atoms with Gasteiger partial charge in [0.2, 0.25) is 5.91 Å². The van der Waals surface area contributed by atoms with E-state index < -0.39 is 49.5 Å². The summed E-state index contributed by atoms with van der Waals surface area (Å²) in [4.78, 5) is 13.0. The van der Waals surface area contributed by atoms with Crippen LogP contribution < -0.4 is 5.32 Å². The number of rotatable bonds is 46. The number of amides is 1. The summed E-state index contributed by atoms with van der Waals surface area (Å²) in [5.74, 6) is -0.190. The number of ether oxygens (including phenoxy) is 2. The Morgan fingerprint density at radius 2 is 0.926 bits per heavy atom. The molecule has 0 aromatic rings. The van der Waals surface area contributed by atoms with Crippen molar-refractivity contribution in [3.8, 4) is 0 Å². The van der Waals surface area contributed by atoms with E-state index in [1.54, 1.807) is 6.08 Å². The Morgan fingerprint density at radius 3 is 1.41 bits per heavy atom. The zero-order valence-electron chi connectivity index (χ0n) is 43.3. The number of aliphatic hydroxyl groups is 5. The third kappa shape index (κ3) is 37.2. The lowest BCUT2D eigenvalue weighted by Crippen LogP contribution is -2.60. The van der Waals surface area contributed by atoms with Crippen LogP contribution in [-0.2, 0) is 14.3 Å². The Balaban J connectivity index is 2.18. The third-order valence-corrected chi connectivity index (χ3v) is 12.7. The molecule has 1 aliphatic heterocycles. The summed E-state index contributed by atoms with van der Waals surface area (Å²) >= 11 is 0. The number of carbonyl (C=O) groups excluding carboxylic acids is 1. The number of aliphatic hydroxyl groups excluding tert-OH is 5. The molecule has 0 bridgehead atoms. The van der Waals surface area contributed by atoms with Gasteiger partial charge in [0.25, 0.3) is 0 Å². The van der Waals surface area contributed by atoms with Gasteiger partial charge in [0.05, 0.1) is 25.4 Å². The molecule has 1 saturated heterocycles. The van der Waals surface area contributed by atoms with Gasteiger partial charge in [-0.25, -0.2) is 0 Å². The predicted molar refractivity (Wildman–Crippen MR) is 285 cm³/mol. The van der Waals surface area contributed by atoms with Gasteiger partial charge in [-0.15, -0.1) is 0 Å². The fraction of sp³-hybridized carbons (Fsp3) is 0.746. The number of allylic oxidation sites excluding steroid dienone is 13. The molecule has 9 nitrogen and oxygen atoms in total. The number of hydrogen-bond acceptors (Lipinski definition) is 8. The molecule has 0 radical (unpaired) electrons. The zero-order chi connectivity index (χ0) is 49.4. The lowest BCUT2D eigenvalue weighted by atomic mass is 9.99. The van der Waals surface area contributed by atoms with Gasteiger partial charge >= 0.3 is 0 Å². The van der Waals surface area contributed by atoms with Gasteiger partial charge in [0, 0.05) is 6.42 Å². The summed E-state index contributed by atoms with van der Waals surface area (Å²) in [6, 6.07) is -0.825. The molecule has 0 aromatic heterocycles. The van der Waals surface area contributed by atoms with Crippen molar-refractivity contribution in [2.24, 2.45) is 0 Å². The molecule has 392 valence electrons. The van der Waals surface area contributed by atoms with Crippen LogP contribution in [0.15, 0.2) is 85.1 Å². The van der Waals surface area contributed by atoms with Gasteiger partial charge in [0.15, 0.2) is 6.29 Å². The maximum Gasteiger partial charge on any atom is 0.220 e. The van der Waals surface area contributed by atoms with E-state index in [1.165, 1.54) is 135 Å². The van der Waals surface area contributed by atoms with Crippen molar-refractivity contribution in [1.29, 1.82) is 0 Å². The molecule has 1 fully saturated rings. The molecule has 1 rings (SSSR count). The average molecular weight is 954 g/mol. The van der Waals surface area contributed by atoms with E-state index in [0.29, 0.717) is 6.42 Å². The van der Waals surface area contributed by atoms with E-state index in [-0.39, 0.29) is 12.5 Å². The Kier molecular flexibility index (Phi) is 44.8. The van der Waals surface area contributed by atoms with Gasteiger partial charge in [-0.2, -0.15) is 0 Å². The van der Waals surface area contributed by atoms with Crippen molar-refractivity contribution in [3.63, 3.8) is 0 Å². The largest absolute Gasteiger partial charge is 0.394 e. The molecular formula is C59H103NO8. The summed E-state index contributed by atoms with van der Waals surface area (Å²) in [6.07, 6.45) is 60.8. The first-order valence-corrected chi connectivity index (χ1v) is 27.8. The predicted octanol–water partition coefficient (Wildman–Crippen LogP) is 13.5. The number of carbonyl (C=O) groups is 1. The van der Waals surface area contributed by atoms with Gasteiger partial charge < -0.3 is 40.3 Å². The van der Waals surface area contributed by atoms with Gasteiger partial charge in [-0.3, -0.25) is 4.79 Å². The molecule has 1 amide bonds. The van der Waals surface area contributed by atoms with E-state index in [2.05, 4.69) is 92.1 Å². The minimum absolute atomic E-state index is 0.190. The van der Waals surface area contributed by atoms with Crippen molar-refractivity contribution in [1.82, 2.24) is 5.32 Å². The molecule has 7 atom stereocenters. The number of hydrogen-bond donors (Lipinski definition) is 6. The van der Waals surface area contributed by atoms with Crippen molar-refractivity contribution in [2.45, 2.75) is 269 Å². The Bertz CT molecular complexity index is 1340. The van der Waals surface area contributed by atoms with Crippen molar-refractivity contribution in [3.05, 3.63) is 85.1 Å². The minimum Gasteiger partial charge on any atom is -0.394 e. The molecule has 1 heterocycles. The highest BCUT2D eigenvalue weighted by molar-refractivity contribution is 5.76. The second kappa shape index (κ2) is 48.0. The fourth-order valence-electron chi connectivity index (χ4n) is 8.32. The van der Waals surface area contributed by atoms with Crippen LogP contribution in [-0.4, -0.2) is 87.5 Å². The van der Waals surface area contributed by atoms with Crippen LogP contribution in [0.3, 0.4) is 0 Å². The van der Waals surface area contributed by atoms with Crippen LogP contribution in [0, 0.1) is 0 Å². The topological polar surface area (TPSA) is 149 Å². The second-order valence-electron chi connectivity index (χ2n) is 19.0. The van der Waals surface area contributed by atoms with Crippen molar-refractivity contribution < 1.29 is 39.8 Å². The molecule has 68 heavy (non-hydrogen) atoms. The van der Waals surface area contributed by atoms with E-state index in [9.17, 15) is 30.3 Å². The fourth-order valence-corrected chi connectivity index (χ4v) is 8.32. The first kappa shape index (κ1) is 63.4. The lowest BCUT2D eigenvalue weighted by molar-refractivity contribution is -0.302. The number of unbranched alkanes of at least 4 members (excludes halogenated alkanes) is 24. The van der Waals surface area contributed by atoms with E-state index in [1.807, 2.05) is 6.08 Å². The summed E-state index contributed by atoms with van der Waals surface area (Å²) in [5, 5.41) is 54.3. The van der Waals surface area contributed by atoms with Gasteiger partial charge in [-0.1, -0.05) is 227 Å². The minimum atomic E-state index is -1.57. The zero-order valence-corrected chi connectivity index (χ0v) is 43.3. The molecule has 0 saturated carbocycles. The number of nitrogens with one attached hydrogen (secondary N) is 1. The van der Waals surface area contributed by atoms with Crippen LogP contribution in [0.25, 0.3) is 0 Å². The molecule has 7 unspecified atom stereocenters.